The number of carbonyl (C=O) groups is 3. The minimum absolute atomic E-state index is 0.147. The Morgan fingerprint density at radius 1 is 1.41 bits per heavy atom. The van der Waals surface area contributed by atoms with Gasteiger partial charge in [-0.2, -0.15) is 0 Å². The van der Waals surface area contributed by atoms with Crippen molar-refractivity contribution >= 4 is 33.8 Å². The summed E-state index contributed by atoms with van der Waals surface area (Å²) in [6, 6.07) is -0.00303. The predicted octanol–water partition coefficient (Wildman–Crippen LogP) is 0.435. The van der Waals surface area contributed by atoms with Crippen LogP contribution in [0.4, 0.5) is 0 Å². The number of H-pyrrole nitrogens is 1. The highest BCUT2D eigenvalue weighted by Crippen LogP contribution is 2.10. The molecule has 0 aliphatic carbocycles. The van der Waals surface area contributed by atoms with Gasteiger partial charge in [0.05, 0.1) is 6.42 Å². The van der Waals surface area contributed by atoms with Gasteiger partial charge in [0.2, 0.25) is 0 Å². The molecular weight excluding hydrogens is 296 g/mol. The Hall–Kier alpha value is -1.83. The molecule has 0 radical (unpaired) electrons. The quantitative estimate of drug-likeness (QED) is 0.629. The molecule has 0 aliphatic rings. The maximum atomic E-state index is 11.5. The van der Waals surface area contributed by atoms with E-state index in [1.165, 1.54) is 12.3 Å². The van der Waals surface area contributed by atoms with Gasteiger partial charge in [-0.05, 0) is 22.0 Å². The molecule has 1 aromatic rings. The van der Waals surface area contributed by atoms with Crippen LogP contribution >= 0.6 is 15.9 Å². The lowest BCUT2D eigenvalue weighted by Crippen LogP contribution is -2.42. The van der Waals surface area contributed by atoms with E-state index in [1.807, 2.05) is 0 Å². The summed E-state index contributed by atoms with van der Waals surface area (Å²) in [7, 11) is 0. The molecule has 0 unspecified atom stereocenters. The van der Waals surface area contributed by atoms with Crippen LogP contribution in [0.2, 0.25) is 0 Å². The molecule has 1 atom stereocenters. The number of carboxylic acid groups (broad SMARTS) is 2. The number of carbonyl (C=O) groups excluding carboxylic acids is 1. The van der Waals surface area contributed by atoms with Crippen molar-refractivity contribution < 1.29 is 24.6 Å². The normalized spacial score (nSPS) is 11.8. The minimum Gasteiger partial charge on any atom is -0.481 e. The van der Waals surface area contributed by atoms with Crippen LogP contribution in [0.5, 0.6) is 0 Å². The zero-order valence-electron chi connectivity index (χ0n) is 8.44. The SMILES string of the molecule is O=C(O)C[C@H](NC(=O)c1cc(Br)c[nH]1)C(=O)O. The predicted molar refractivity (Wildman–Crippen MR) is 59.6 cm³/mol. The number of rotatable bonds is 5. The van der Waals surface area contributed by atoms with E-state index in [2.05, 4.69) is 26.2 Å². The first-order valence-electron chi connectivity index (χ1n) is 4.49. The van der Waals surface area contributed by atoms with E-state index in [0.717, 1.165) is 0 Å². The molecule has 1 heterocycles. The first kappa shape index (κ1) is 13.2. The summed E-state index contributed by atoms with van der Waals surface area (Å²) in [6.45, 7) is 0. The Morgan fingerprint density at radius 2 is 2.06 bits per heavy atom. The molecule has 7 nitrogen and oxygen atoms in total. The second-order valence-corrected chi connectivity index (χ2v) is 4.11. The van der Waals surface area contributed by atoms with Gasteiger partial charge in [0.25, 0.3) is 5.91 Å². The average molecular weight is 305 g/mol. The molecule has 0 fully saturated rings. The highest BCUT2D eigenvalue weighted by molar-refractivity contribution is 9.10. The standard InChI is InChI=1S/C9H9BrN2O5/c10-4-1-5(11-3-4)8(15)12-6(9(16)17)2-7(13)14/h1,3,6,11H,2H2,(H,12,15)(H,13,14)(H,16,17)/t6-/m0/s1. The van der Waals surface area contributed by atoms with Crippen LogP contribution in [0.3, 0.4) is 0 Å². The maximum Gasteiger partial charge on any atom is 0.326 e. The van der Waals surface area contributed by atoms with Crippen LogP contribution < -0.4 is 5.32 Å². The van der Waals surface area contributed by atoms with Crippen molar-refractivity contribution in [2.75, 3.05) is 0 Å². The molecule has 17 heavy (non-hydrogen) atoms. The van der Waals surface area contributed by atoms with Crippen LogP contribution in [-0.2, 0) is 9.59 Å². The van der Waals surface area contributed by atoms with Crippen LogP contribution in [0.25, 0.3) is 0 Å². The van der Waals surface area contributed by atoms with Crippen molar-refractivity contribution in [2.45, 2.75) is 12.5 Å². The van der Waals surface area contributed by atoms with E-state index in [0.29, 0.717) is 4.47 Å². The number of aromatic amines is 1. The van der Waals surface area contributed by atoms with Gasteiger partial charge in [-0.25, -0.2) is 4.79 Å². The Balaban J connectivity index is 2.70. The van der Waals surface area contributed by atoms with Crippen molar-refractivity contribution in [1.82, 2.24) is 10.3 Å². The number of aliphatic carboxylic acids is 2. The number of carboxylic acids is 2. The van der Waals surface area contributed by atoms with Gasteiger partial charge < -0.3 is 20.5 Å². The van der Waals surface area contributed by atoms with E-state index in [9.17, 15) is 14.4 Å². The van der Waals surface area contributed by atoms with E-state index < -0.39 is 30.3 Å². The second kappa shape index (κ2) is 5.48. The van der Waals surface area contributed by atoms with E-state index >= 15 is 0 Å². The Morgan fingerprint density at radius 3 is 2.47 bits per heavy atom. The summed E-state index contributed by atoms with van der Waals surface area (Å²) >= 11 is 3.11. The van der Waals surface area contributed by atoms with Gasteiger partial charge in [0.1, 0.15) is 11.7 Å². The average Bonchev–Trinajstić information content (AvgIpc) is 2.63. The van der Waals surface area contributed by atoms with Crippen LogP contribution in [-0.4, -0.2) is 39.1 Å². The number of aromatic nitrogens is 1. The molecule has 0 spiro atoms. The third-order valence-electron chi connectivity index (χ3n) is 1.87. The highest BCUT2D eigenvalue weighted by atomic mass is 79.9. The van der Waals surface area contributed by atoms with Crippen LogP contribution in [0.15, 0.2) is 16.7 Å². The van der Waals surface area contributed by atoms with Crippen molar-refractivity contribution in [2.24, 2.45) is 0 Å². The lowest BCUT2D eigenvalue weighted by atomic mass is 10.2. The Bertz CT molecular complexity index is 456. The van der Waals surface area contributed by atoms with Gasteiger partial charge in [0, 0.05) is 10.7 Å². The highest BCUT2D eigenvalue weighted by Gasteiger charge is 2.23. The number of nitrogens with one attached hydrogen (secondary N) is 2. The summed E-state index contributed by atoms with van der Waals surface area (Å²) in [5, 5.41) is 19.3. The number of halogens is 1. The van der Waals surface area contributed by atoms with Crippen LogP contribution in [0.1, 0.15) is 16.9 Å². The largest absolute Gasteiger partial charge is 0.481 e. The molecular formula is C9H9BrN2O5. The third kappa shape index (κ3) is 3.91. The van der Waals surface area contributed by atoms with Gasteiger partial charge >= 0.3 is 11.9 Å². The Kier molecular flexibility index (Phi) is 4.27. The molecule has 0 saturated heterocycles. The summed E-state index contributed by atoms with van der Waals surface area (Å²) in [5.41, 5.74) is 0.147. The first-order chi connectivity index (χ1) is 7.90. The summed E-state index contributed by atoms with van der Waals surface area (Å²) in [6.07, 6.45) is 0.824. The number of hydrogen-bond donors (Lipinski definition) is 4. The number of amides is 1. The van der Waals surface area contributed by atoms with Crippen molar-refractivity contribution in [3.05, 3.63) is 22.4 Å². The zero-order chi connectivity index (χ0) is 13.0. The molecule has 1 amide bonds. The molecule has 1 aromatic heterocycles. The van der Waals surface area contributed by atoms with Crippen molar-refractivity contribution in [1.29, 1.82) is 0 Å². The van der Waals surface area contributed by atoms with Gasteiger partial charge in [0.15, 0.2) is 0 Å². The van der Waals surface area contributed by atoms with Gasteiger partial charge in [-0.15, -0.1) is 0 Å². The molecule has 0 aliphatic heterocycles. The van der Waals surface area contributed by atoms with E-state index in [1.54, 1.807) is 0 Å². The van der Waals surface area contributed by atoms with Gasteiger partial charge in [-0.3, -0.25) is 9.59 Å². The Labute approximate surface area is 104 Å². The fourth-order valence-electron chi connectivity index (χ4n) is 1.11. The van der Waals surface area contributed by atoms with E-state index in [-0.39, 0.29) is 5.69 Å². The molecule has 0 saturated carbocycles. The lowest BCUT2D eigenvalue weighted by Gasteiger charge is -2.11. The summed E-state index contributed by atoms with van der Waals surface area (Å²) in [4.78, 5) is 35.3. The topological polar surface area (TPSA) is 119 Å². The smallest absolute Gasteiger partial charge is 0.326 e. The number of hydrogen-bond acceptors (Lipinski definition) is 3. The van der Waals surface area contributed by atoms with Gasteiger partial charge in [-0.1, -0.05) is 0 Å². The molecule has 0 aromatic carbocycles. The maximum absolute atomic E-state index is 11.5. The fraction of sp³-hybridized carbons (Fsp3) is 0.222. The lowest BCUT2D eigenvalue weighted by molar-refractivity contribution is -0.145. The zero-order valence-corrected chi connectivity index (χ0v) is 10.0. The minimum atomic E-state index is -1.46. The second-order valence-electron chi connectivity index (χ2n) is 3.19. The molecule has 1 rings (SSSR count). The van der Waals surface area contributed by atoms with E-state index in [4.69, 9.17) is 10.2 Å². The monoisotopic (exact) mass is 304 g/mol. The van der Waals surface area contributed by atoms with Crippen LogP contribution in [0, 0.1) is 0 Å². The fourth-order valence-corrected chi connectivity index (χ4v) is 1.45. The molecule has 0 bridgehead atoms. The third-order valence-corrected chi connectivity index (χ3v) is 2.33. The molecule has 4 N–H and O–H groups in total. The summed E-state index contributed by atoms with van der Waals surface area (Å²) in [5.74, 6) is -3.37. The first-order valence-corrected chi connectivity index (χ1v) is 5.29. The summed E-state index contributed by atoms with van der Waals surface area (Å²) < 4.78 is 0.632. The molecule has 92 valence electrons. The molecule has 8 heteroatoms. The van der Waals surface area contributed by atoms with Crippen molar-refractivity contribution in [3.8, 4) is 0 Å². The van der Waals surface area contributed by atoms with Crippen molar-refractivity contribution in [3.63, 3.8) is 0 Å².